The molecule has 0 aromatic heterocycles. The molecule has 0 aliphatic rings. The molecule has 0 amide bonds. The molecule has 0 fully saturated rings. The molecular weight excluding hydrogens is 323 g/mol. The smallest absolute Gasteiger partial charge is 0.303 e. The molecule has 2 aromatic rings. The Morgan fingerprint density at radius 3 is 2.17 bits per heavy atom. The van der Waals surface area contributed by atoms with Crippen LogP contribution in [-0.4, -0.2) is 22.1 Å². The molecule has 0 radical (unpaired) electrons. The van der Waals surface area contributed by atoms with Gasteiger partial charge in [0.15, 0.2) is 0 Å². The summed E-state index contributed by atoms with van der Waals surface area (Å²) in [5.74, 6) is -0.941. The fourth-order valence-corrected chi connectivity index (χ4v) is 4.86. The summed E-state index contributed by atoms with van der Waals surface area (Å²) in [5.41, 5.74) is 1.84. The van der Waals surface area contributed by atoms with Gasteiger partial charge in [0.05, 0.1) is 0 Å². The van der Waals surface area contributed by atoms with Gasteiger partial charge in [0.2, 0.25) is 7.37 Å². The number of carbonyl (C=O) groups is 1. The molecule has 2 atom stereocenters. The van der Waals surface area contributed by atoms with Gasteiger partial charge >= 0.3 is 5.97 Å². The molecular formula is C19H23O4P. The number of aliphatic carboxylic acids is 1. The van der Waals surface area contributed by atoms with Crippen LogP contribution < -0.4 is 0 Å². The molecule has 0 aliphatic heterocycles. The highest BCUT2D eigenvalue weighted by atomic mass is 31.2. The van der Waals surface area contributed by atoms with Gasteiger partial charge in [-0.1, -0.05) is 60.7 Å². The first-order chi connectivity index (χ1) is 11.5. The number of rotatable bonds is 9. The maximum absolute atomic E-state index is 12.7. The fraction of sp³-hybridized carbons (Fsp3) is 0.316. The highest BCUT2D eigenvalue weighted by Gasteiger charge is 2.25. The first-order valence-electron chi connectivity index (χ1n) is 8.08. The van der Waals surface area contributed by atoms with Crippen LogP contribution in [0, 0.1) is 0 Å². The van der Waals surface area contributed by atoms with E-state index in [2.05, 4.69) is 0 Å². The molecule has 4 nitrogen and oxygen atoms in total. The predicted molar refractivity (Wildman–Crippen MR) is 95.5 cm³/mol. The summed E-state index contributed by atoms with van der Waals surface area (Å²) in [4.78, 5) is 21.2. The zero-order chi connectivity index (χ0) is 17.4. The van der Waals surface area contributed by atoms with Crippen molar-refractivity contribution in [3.8, 4) is 0 Å². The Morgan fingerprint density at radius 1 is 1.00 bits per heavy atom. The molecule has 0 bridgehead atoms. The first kappa shape index (κ1) is 18.4. The van der Waals surface area contributed by atoms with Gasteiger partial charge in [-0.3, -0.25) is 9.36 Å². The lowest BCUT2D eigenvalue weighted by molar-refractivity contribution is -0.137. The summed E-state index contributed by atoms with van der Waals surface area (Å²) >= 11 is 0. The number of hydrogen-bond donors (Lipinski definition) is 2. The molecule has 5 heteroatoms. The number of carboxylic acids is 1. The standard InChI is InChI=1S/C19H23O4P/c20-19(21)13-7-12-18(17-10-5-2-6-11-17)15-24(22,23)14-16-8-3-1-4-9-16/h1-6,8-11,18H,7,12-15H2,(H,20,21)(H,22,23). The van der Waals surface area contributed by atoms with E-state index in [1.807, 2.05) is 60.7 Å². The van der Waals surface area contributed by atoms with E-state index in [1.54, 1.807) is 0 Å². The molecule has 0 spiro atoms. The highest BCUT2D eigenvalue weighted by molar-refractivity contribution is 7.57. The Bertz CT molecular complexity index is 685. The molecule has 2 aromatic carbocycles. The predicted octanol–water partition coefficient (Wildman–Crippen LogP) is 4.50. The third-order valence-corrected chi connectivity index (χ3v) is 5.86. The van der Waals surface area contributed by atoms with E-state index in [4.69, 9.17) is 5.11 Å². The lowest BCUT2D eigenvalue weighted by Gasteiger charge is -2.21. The van der Waals surface area contributed by atoms with Crippen molar-refractivity contribution in [2.24, 2.45) is 0 Å². The molecule has 0 saturated carbocycles. The highest BCUT2D eigenvalue weighted by Crippen LogP contribution is 2.49. The number of hydrogen-bond acceptors (Lipinski definition) is 2. The fourth-order valence-electron chi connectivity index (χ4n) is 2.87. The van der Waals surface area contributed by atoms with Gasteiger partial charge in [-0.05, 0) is 29.9 Å². The van der Waals surface area contributed by atoms with E-state index in [0.29, 0.717) is 12.8 Å². The Morgan fingerprint density at radius 2 is 1.58 bits per heavy atom. The van der Waals surface area contributed by atoms with Gasteiger partial charge in [0, 0.05) is 18.7 Å². The van der Waals surface area contributed by atoms with Crippen LogP contribution in [0.25, 0.3) is 0 Å². The SMILES string of the molecule is O=C(O)CCCC(CP(=O)(O)Cc1ccccc1)c1ccccc1. The minimum Gasteiger partial charge on any atom is -0.481 e. The van der Waals surface area contributed by atoms with E-state index in [1.165, 1.54) is 0 Å². The summed E-state index contributed by atoms with van der Waals surface area (Å²) in [6.07, 6.45) is 1.50. The van der Waals surface area contributed by atoms with Crippen LogP contribution in [0.15, 0.2) is 60.7 Å². The molecule has 2 rings (SSSR count). The summed E-state index contributed by atoms with van der Waals surface area (Å²) in [6, 6.07) is 18.9. The summed E-state index contributed by atoms with van der Waals surface area (Å²) in [7, 11) is -3.35. The van der Waals surface area contributed by atoms with E-state index >= 15 is 0 Å². The average molecular weight is 346 g/mol. The molecule has 0 saturated heterocycles. The Balaban J connectivity index is 2.08. The van der Waals surface area contributed by atoms with Crippen LogP contribution in [0.5, 0.6) is 0 Å². The Hall–Kier alpha value is -1.90. The van der Waals surface area contributed by atoms with Crippen molar-refractivity contribution >= 4 is 13.3 Å². The number of carboxylic acid groups (broad SMARTS) is 1. The van der Waals surface area contributed by atoms with Crippen LogP contribution in [0.2, 0.25) is 0 Å². The second-order valence-electron chi connectivity index (χ2n) is 6.07. The van der Waals surface area contributed by atoms with Crippen molar-refractivity contribution in [2.45, 2.75) is 31.3 Å². The van der Waals surface area contributed by atoms with E-state index in [9.17, 15) is 14.3 Å². The van der Waals surface area contributed by atoms with Crippen molar-refractivity contribution in [3.63, 3.8) is 0 Å². The van der Waals surface area contributed by atoms with Crippen LogP contribution in [0.1, 0.15) is 36.3 Å². The molecule has 24 heavy (non-hydrogen) atoms. The zero-order valence-electron chi connectivity index (χ0n) is 13.5. The summed E-state index contributed by atoms with van der Waals surface area (Å²) in [5, 5.41) is 8.82. The molecule has 0 aliphatic carbocycles. The second-order valence-corrected chi connectivity index (χ2v) is 8.44. The van der Waals surface area contributed by atoms with Crippen molar-refractivity contribution in [1.82, 2.24) is 0 Å². The van der Waals surface area contributed by atoms with Crippen molar-refractivity contribution < 1.29 is 19.4 Å². The van der Waals surface area contributed by atoms with Crippen LogP contribution in [0.4, 0.5) is 0 Å². The van der Waals surface area contributed by atoms with Crippen molar-refractivity contribution in [3.05, 3.63) is 71.8 Å². The second kappa shape index (κ2) is 8.81. The van der Waals surface area contributed by atoms with Gasteiger partial charge in [-0.25, -0.2) is 0 Å². The quantitative estimate of drug-likeness (QED) is 0.656. The zero-order valence-corrected chi connectivity index (χ0v) is 14.4. The number of benzene rings is 2. The molecule has 2 unspecified atom stereocenters. The Kier molecular flexibility index (Phi) is 6.77. The van der Waals surface area contributed by atoms with Crippen LogP contribution in [0.3, 0.4) is 0 Å². The van der Waals surface area contributed by atoms with Gasteiger partial charge in [0.1, 0.15) is 0 Å². The van der Waals surface area contributed by atoms with Gasteiger partial charge in [0.25, 0.3) is 0 Å². The van der Waals surface area contributed by atoms with Gasteiger partial charge < -0.3 is 10.00 Å². The average Bonchev–Trinajstić information content (AvgIpc) is 2.55. The normalized spacial score (nSPS) is 14.7. The van der Waals surface area contributed by atoms with Crippen LogP contribution >= 0.6 is 7.37 Å². The minimum absolute atomic E-state index is 0.0811. The lowest BCUT2D eigenvalue weighted by Crippen LogP contribution is -2.08. The maximum Gasteiger partial charge on any atom is 0.303 e. The molecule has 128 valence electrons. The largest absolute Gasteiger partial charge is 0.481 e. The van der Waals surface area contributed by atoms with E-state index < -0.39 is 13.3 Å². The van der Waals surface area contributed by atoms with Gasteiger partial charge in [-0.2, -0.15) is 0 Å². The first-order valence-corrected chi connectivity index (χ1v) is 10.1. The monoisotopic (exact) mass is 346 g/mol. The summed E-state index contributed by atoms with van der Waals surface area (Å²) < 4.78 is 12.7. The molecule has 2 N–H and O–H groups in total. The molecule has 0 heterocycles. The summed E-state index contributed by atoms with van der Waals surface area (Å²) in [6.45, 7) is 0. The van der Waals surface area contributed by atoms with Crippen molar-refractivity contribution in [2.75, 3.05) is 6.16 Å². The lowest BCUT2D eigenvalue weighted by atomic mass is 9.95. The van der Waals surface area contributed by atoms with E-state index in [-0.39, 0.29) is 24.7 Å². The van der Waals surface area contributed by atoms with E-state index in [0.717, 1.165) is 11.1 Å². The van der Waals surface area contributed by atoms with Crippen LogP contribution in [-0.2, 0) is 15.5 Å². The van der Waals surface area contributed by atoms with Gasteiger partial charge in [-0.15, -0.1) is 0 Å². The van der Waals surface area contributed by atoms with Crippen molar-refractivity contribution in [1.29, 1.82) is 0 Å². The topological polar surface area (TPSA) is 74.6 Å². The third kappa shape index (κ3) is 6.31. The maximum atomic E-state index is 12.7. The Labute approximate surface area is 142 Å². The third-order valence-electron chi connectivity index (χ3n) is 3.99. The minimum atomic E-state index is -3.35.